The third-order valence-electron chi connectivity index (χ3n) is 3.01. The molecule has 0 aliphatic heterocycles. The smallest absolute Gasteiger partial charge is 0.242 e. The van der Waals surface area contributed by atoms with Crippen LogP contribution in [-0.2, 0) is 4.79 Å². The third-order valence-corrected chi connectivity index (χ3v) is 3.26. The SMILES string of the molecule is CCNC(C)(C)C(=O)N(C)CCOc1ccc(Cl)cc1. The molecule has 1 rings (SSSR count). The van der Waals surface area contributed by atoms with Gasteiger partial charge in [0, 0.05) is 12.1 Å². The molecule has 0 atom stereocenters. The summed E-state index contributed by atoms with van der Waals surface area (Å²) in [7, 11) is 1.78. The minimum absolute atomic E-state index is 0.0547. The first-order chi connectivity index (χ1) is 9.36. The summed E-state index contributed by atoms with van der Waals surface area (Å²) in [6, 6.07) is 7.18. The van der Waals surface area contributed by atoms with Crippen molar-refractivity contribution in [3.05, 3.63) is 29.3 Å². The van der Waals surface area contributed by atoms with Crippen LogP contribution in [0.2, 0.25) is 5.02 Å². The number of amides is 1. The summed E-state index contributed by atoms with van der Waals surface area (Å²) in [5, 5.41) is 3.85. The van der Waals surface area contributed by atoms with Crippen molar-refractivity contribution in [1.82, 2.24) is 10.2 Å². The second-order valence-electron chi connectivity index (χ2n) is 5.18. The van der Waals surface area contributed by atoms with Gasteiger partial charge in [0.1, 0.15) is 12.4 Å². The fraction of sp³-hybridized carbons (Fsp3) is 0.533. The maximum atomic E-state index is 12.2. The highest BCUT2D eigenvalue weighted by molar-refractivity contribution is 6.30. The zero-order valence-electron chi connectivity index (χ0n) is 12.6. The lowest BCUT2D eigenvalue weighted by atomic mass is 10.0. The standard InChI is InChI=1S/C15H23ClN2O2/c1-5-17-15(2,3)14(19)18(4)10-11-20-13-8-6-12(16)7-9-13/h6-9,17H,5,10-11H2,1-4H3. The highest BCUT2D eigenvalue weighted by Crippen LogP contribution is 2.15. The Hall–Kier alpha value is -1.26. The van der Waals surface area contributed by atoms with Crippen molar-refractivity contribution in [3.63, 3.8) is 0 Å². The van der Waals surface area contributed by atoms with Crippen molar-refractivity contribution < 1.29 is 9.53 Å². The van der Waals surface area contributed by atoms with Gasteiger partial charge in [0.25, 0.3) is 0 Å². The van der Waals surface area contributed by atoms with E-state index in [9.17, 15) is 4.79 Å². The molecule has 112 valence electrons. The molecule has 0 saturated heterocycles. The Kier molecular flexibility index (Phi) is 6.30. The molecule has 1 amide bonds. The van der Waals surface area contributed by atoms with E-state index in [4.69, 9.17) is 16.3 Å². The van der Waals surface area contributed by atoms with Crippen molar-refractivity contribution in [2.75, 3.05) is 26.7 Å². The van der Waals surface area contributed by atoms with Crippen LogP contribution < -0.4 is 10.1 Å². The highest BCUT2D eigenvalue weighted by Gasteiger charge is 2.28. The van der Waals surface area contributed by atoms with Gasteiger partial charge in [-0.05, 0) is 44.7 Å². The highest BCUT2D eigenvalue weighted by atomic mass is 35.5. The zero-order chi connectivity index (χ0) is 15.2. The number of ether oxygens (including phenoxy) is 1. The van der Waals surface area contributed by atoms with Crippen molar-refractivity contribution in [3.8, 4) is 5.75 Å². The zero-order valence-corrected chi connectivity index (χ0v) is 13.3. The van der Waals surface area contributed by atoms with E-state index in [1.54, 1.807) is 24.1 Å². The molecule has 0 unspecified atom stereocenters. The first kappa shape index (κ1) is 16.8. The van der Waals surface area contributed by atoms with Crippen LogP contribution in [0.15, 0.2) is 24.3 Å². The summed E-state index contributed by atoms with van der Waals surface area (Å²) in [5.41, 5.74) is -0.552. The van der Waals surface area contributed by atoms with Crippen LogP contribution in [0.1, 0.15) is 20.8 Å². The molecule has 0 spiro atoms. The lowest BCUT2D eigenvalue weighted by Gasteiger charge is -2.30. The first-order valence-corrected chi connectivity index (χ1v) is 7.13. The maximum absolute atomic E-state index is 12.2. The van der Waals surface area contributed by atoms with Gasteiger partial charge < -0.3 is 15.0 Å². The second-order valence-corrected chi connectivity index (χ2v) is 5.62. The maximum Gasteiger partial charge on any atom is 0.242 e. The monoisotopic (exact) mass is 298 g/mol. The largest absolute Gasteiger partial charge is 0.492 e. The Balaban J connectivity index is 2.41. The first-order valence-electron chi connectivity index (χ1n) is 6.75. The molecule has 5 heteroatoms. The molecule has 20 heavy (non-hydrogen) atoms. The second kappa shape index (κ2) is 7.50. The Morgan fingerprint density at radius 1 is 1.35 bits per heavy atom. The van der Waals surface area contributed by atoms with Gasteiger partial charge in [-0.15, -0.1) is 0 Å². The molecule has 0 saturated carbocycles. The fourth-order valence-corrected chi connectivity index (χ4v) is 2.05. The van der Waals surface area contributed by atoms with Crippen LogP contribution in [-0.4, -0.2) is 43.1 Å². The van der Waals surface area contributed by atoms with Crippen LogP contribution in [0.3, 0.4) is 0 Å². The van der Waals surface area contributed by atoms with Gasteiger partial charge in [0.05, 0.1) is 12.1 Å². The number of rotatable bonds is 7. The molecule has 1 aromatic carbocycles. The third kappa shape index (κ3) is 5.02. The van der Waals surface area contributed by atoms with Crippen LogP contribution >= 0.6 is 11.6 Å². The summed E-state index contributed by atoms with van der Waals surface area (Å²) >= 11 is 5.80. The fourth-order valence-electron chi connectivity index (χ4n) is 1.93. The number of hydrogen-bond acceptors (Lipinski definition) is 3. The minimum atomic E-state index is -0.552. The minimum Gasteiger partial charge on any atom is -0.492 e. The number of halogens is 1. The molecule has 0 radical (unpaired) electrons. The van der Waals surface area contributed by atoms with E-state index >= 15 is 0 Å². The predicted octanol–water partition coefficient (Wildman–Crippen LogP) is 2.57. The molecule has 0 heterocycles. The molecule has 0 aliphatic rings. The van der Waals surface area contributed by atoms with Gasteiger partial charge in [-0.2, -0.15) is 0 Å². The number of nitrogens with zero attached hydrogens (tertiary/aromatic N) is 1. The van der Waals surface area contributed by atoms with E-state index in [2.05, 4.69) is 5.32 Å². The van der Waals surface area contributed by atoms with Crippen molar-refractivity contribution in [2.45, 2.75) is 26.3 Å². The van der Waals surface area contributed by atoms with E-state index in [1.165, 1.54) is 0 Å². The lowest BCUT2D eigenvalue weighted by Crippen LogP contribution is -2.53. The van der Waals surface area contributed by atoms with Gasteiger partial charge in [-0.1, -0.05) is 18.5 Å². The molecular formula is C15H23ClN2O2. The van der Waals surface area contributed by atoms with E-state index in [1.807, 2.05) is 32.9 Å². The van der Waals surface area contributed by atoms with Gasteiger partial charge in [0.15, 0.2) is 0 Å². The Labute approximate surface area is 126 Å². The van der Waals surface area contributed by atoms with E-state index < -0.39 is 5.54 Å². The quantitative estimate of drug-likeness (QED) is 0.841. The van der Waals surface area contributed by atoms with Gasteiger partial charge in [-0.25, -0.2) is 0 Å². The van der Waals surface area contributed by atoms with Crippen molar-refractivity contribution >= 4 is 17.5 Å². The van der Waals surface area contributed by atoms with Crippen molar-refractivity contribution in [1.29, 1.82) is 0 Å². The Morgan fingerprint density at radius 2 is 1.95 bits per heavy atom. The summed E-state index contributed by atoms with van der Waals surface area (Å²) in [5.74, 6) is 0.806. The van der Waals surface area contributed by atoms with Gasteiger partial charge in [0.2, 0.25) is 5.91 Å². The number of carbonyl (C=O) groups is 1. The average Bonchev–Trinajstić information content (AvgIpc) is 2.40. The summed E-state index contributed by atoms with van der Waals surface area (Å²) in [6.07, 6.45) is 0. The molecule has 0 fully saturated rings. The van der Waals surface area contributed by atoms with Crippen LogP contribution in [0.5, 0.6) is 5.75 Å². The van der Waals surface area contributed by atoms with E-state index in [0.717, 1.165) is 12.3 Å². The molecule has 0 aromatic heterocycles. The molecule has 1 aromatic rings. The summed E-state index contributed by atoms with van der Waals surface area (Å²) in [6.45, 7) is 7.50. The number of likely N-dealkylation sites (N-methyl/N-ethyl adjacent to an activating group) is 2. The average molecular weight is 299 g/mol. The molecule has 0 aliphatic carbocycles. The van der Waals surface area contributed by atoms with Gasteiger partial charge >= 0.3 is 0 Å². The topological polar surface area (TPSA) is 41.6 Å². The summed E-state index contributed by atoms with van der Waals surface area (Å²) < 4.78 is 5.58. The number of nitrogens with one attached hydrogen (secondary N) is 1. The molecule has 4 nitrogen and oxygen atoms in total. The van der Waals surface area contributed by atoms with Gasteiger partial charge in [-0.3, -0.25) is 4.79 Å². The van der Waals surface area contributed by atoms with E-state index in [0.29, 0.717) is 18.2 Å². The normalized spacial score (nSPS) is 11.2. The summed E-state index contributed by atoms with van der Waals surface area (Å²) in [4.78, 5) is 13.9. The molecule has 0 bridgehead atoms. The van der Waals surface area contributed by atoms with E-state index in [-0.39, 0.29) is 5.91 Å². The Morgan fingerprint density at radius 3 is 2.50 bits per heavy atom. The number of carbonyl (C=O) groups excluding carboxylic acids is 1. The Bertz CT molecular complexity index is 432. The molecular weight excluding hydrogens is 276 g/mol. The predicted molar refractivity (Wildman–Crippen MR) is 82.3 cm³/mol. The number of benzene rings is 1. The molecule has 1 N–H and O–H groups in total. The number of hydrogen-bond donors (Lipinski definition) is 1. The lowest BCUT2D eigenvalue weighted by molar-refractivity contribution is -0.136. The van der Waals surface area contributed by atoms with Crippen molar-refractivity contribution in [2.24, 2.45) is 0 Å². The van der Waals surface area contributed by atoms with Crippen LogP contribution in [0.4, 0.5) is 0 Å². The van der Waals surface area contributed by atoms with Crippen LogP contribution in [0, 0.1) is 0 Å². The van der Waals surface area contributed by atoms with Crippen LogP contribution in [0.25, 0.3) is 0 Å².